The summed E-state index contributed by atoms with van der Waals surface area (Å²) < 4.78 is 17.1. The number of rotatable bonds is 5. The normalized spacial score (nSPS) is 15.4. The third-order valence-electron chi connectivity index (χ3n) is 3.90. The minimum atomic E-state index is -0.185. The predicted octanol–water partition coefficient (Wildman–Crippen LogP) is 3.93. The molecule has 0 bridgehead atoms. The Labute approximate surface area is 136 Å². The Bertz CT molecular complexity index is 690. The first-order chi connectivity index (χ1) is 9.60. The van der Waals surface area contributed by atoms with Gasteiger partial charge in [0.05, 0.1) is 14.6 Å². The Balaban J connectivity index is 1.88. The van der Waals surface area contributed by atoms with E-state index < -0.39 is 0 Å². The van der Waals surface area contributed by atoms with Crippen LogP contribution in [-0.4, -0.2) is 33.6 Å². The number of nitrogens with zero attached hydrogens (tertiary/aromatic N) is 2. The standard InChI is InChI=1S/C14H17FIN3S/c1-2-18(9-3-4-9)5-6-19-13-7-10(15)11(16)8-12(13)17-14(19)20/h7-9H,2-6H2,1H3,(H,17,20). The average molecular weight is 405 g/mol. The van der Waals surface area contributed by atoms with Crippen LogP contribution in [0.3, 0.4) is 0 Å². The second-order valence-electron chi connectivity index (χ2n) is 5.23. The number of H-pyrrole nitrogens is 1. The number of nitrogens with one attached hydrogen (secondary N) is 1. The highest BCUT2D eigenvalue weighted by molar-refractivity contribution is 14.1. The maximum atomic E-state index is 13.8. The van der Waals surface area contributed by atoms with E-state index in [1.165, 1.54) is 12.8 Å². The van der Waals surface area contributed by atoms with Crippen LogP contribution < -0.4 is 0 Å². The number of hydrogen-bond donors (Lipinski definition) is 1. The lowest BCUT2D eigenvalue weighted by molar-refractivity contribution is 0.267. The van der Waals surface area contributed by atoms with Gasteiger partial charge >= 0.3 is 0 Å². The molecule has 1 heterocycles. The average Bonchev–Trinajstić information content (AvgIpc) is 3.19. The van der Waals surface area contributed by atoms with Crippen molar-refractivity contribution < 1.29 is 4.39 Å². The molecule has 6 heteroatoms. The van der Waals surface area contributed by atoms with Crippen molar-refractivity contribution in [3.63, 3.8) is 0 Å². The van der Waals surface area contributed by atoms with Gasteiger partial charge in [0.15, 0.2) is 4.77 Å². The molecule has 0 unspecified atom stereocenters. The van der Waals surface area contributed by atoms with Gasteiger partial charge in [-0.3, -0.25) is 4.90 Å². The van der Waals surface area contributed by atoms with Crippen LogP contribution in [0.4, 0.5) is 4.39 Å². The van der Waals surface area contributed by atoms with E-state index in [-0.39, 0.29) is 5.82 Å². The minimum absolute atomic E-state index is 0.185. The van der Waals surface area contributed by atoms with Crippen molar-refractivity contribution in [1.82, 2.24) is 14.5 Å². The van der Waals surface area contributed by atoms with Crippen LogP contribution in [0.2, 0.25) is 0 Å². The first kappa shape index (κ1) is 14.5. The summed E-state index contributed by atoms with van der Waals surface area (Å²) in [6, 6.07) is 4.14. The van der Waals surface area contributed by atoms with Crippen LogP contribution in [0.1, 0.15) is 19.8 Å². The lowest BCUT2D eigenvalue weighted by Gasteiger charge is -2.20. The van der Waals surface area contributed by atoms with Crippen LogP contribution in [-0.2, 0) is 6.54 Å². The summed E-state index contributed by atoms with van der Waals surface area (Å²) >= 11 is 7.37. The highest BCUT2D eigenvalue weighted by Gasteiger charge is 2.27. The molecule has 3 nitrogen and oxygen atoms in total. The van der Waals surface area contributed by atoms with Crippen molar-refractivity contribution in [2.75, 3.05) is 13.1 Å². The Morgan fingerprint density at radius 1 is 1.50 bits per heavy atom. The van der Waals surface area contributed by atoms with Gasteiger partial charge in [0.25, 0.3) is 0 Å². The van der Waals surface area contributed by atoms with Gasteiger partial charge in [-0.25, -0.2) is 4.39 Å². The fourth-order valence-corrected chi connectivity index (χ4v) is 3.41. The number of hydrogen-bond acceptors (Lipinski definition) is 2. The zero-order valence-electron chi connectivity index (χ0n) is 11.3. The van der Waals surface area contributed by atoms with Crippen molar-refractivity contribution in [3.8, 4) is 0 Å². The maximum Gasteiger partial charge on any atom is 0.178 e. The van der Waals surface area contributed by atoms with E-state index in [1.54, 1.807) is 6.07 Å². The van der Waals surface area contributed by atoms with Crippen molar-refractivity contribution >= 4 is 45.8 Å². The molecule has 1 saturated carbocycles. The summed E-state index contributed by atoms with van der Waals surface area (Å²) in [4.78, 5) is 5.65. The highest BCUT2D eigenvalue weighted by Crippen LogP contribution is 2.26. The van der Waals surface area contributed by atoms with E-state index in [0.717, 1.165) is 36.7 Å². The number of halogens is 2. The molecule has 3 rings (SSSR count). The number of aromatic nitrogens is 2. The molecule has 1 aliphatic rings. The van der Waals surface area contributed by atoms with E-state index >= 15 is 0 Å². The Hall–Kier alpha value is -0.470. The van der Waals surface area contributed by atoms with E-state index in [0.29, 0.717) is 8.34 Å². The quantitative estimate of drug-likeness (QED) is 0.602. The second-order valence-corrected chi connectivity index (χ2v) is 6.77. The molecule has 1 aromatic carbocycles. The van der Waals surface area contributed by atoms with Crippen LogP contribution in [0, 0.1) is 14.2 Å². The van der Waals surface area contributed by atoms with E-state index in [1.807, 2.05) is 33.2 Å². The molecule has 2 aromatic rings. The maximum absolute atomic E-state index is 13.8. The first-order valence-corrected chi connectivity index (χ1v) is 8.40. The lowest BCUT2D eigenvalue weighted by Crippen LogP contribution is -2.29. The van der Waals surface area contributed by atoms with Gasteiger partial charge in [-0.1, -0.05) is 6.92 Å². The van der Waals surface area contributed by atoms with Crippen LogP contribution in [0.15, 0.2) is 12.1 Å². The lowest BCUT2D eigenvalue weighted by atomic mass is 10.3. The van der Waals surface area contributed by atoms with E-state index in [2.05, 4.69) is 16.8 Å². The summed E-state index contributed by atoms with van der Waals surface area (Å²) in [5, 5.41) is 0. The van der Waals surface area contributed by atoms with Crippen LogP contribution >= 0.6 is 34.8 Å². The summed E-state index contributed by atoms with van der Waals surface area (Å²) in [6.45, 7) is 5.03. The molecule has 108 valence electrons. The van der Waals surface area contributed by atoms with Crippen LogP contribution in [0.5, 0.6) is 0 Å². The molecule has 0 atom stereocenters. The smallest absolute Gasteiger partial charge is 0.178 e. The predicted molar refractivity (Wildman–Crippen MR) is 90.1 cm³/mol. The van der Waals surface area contributed by atoms with Gasteiger partial charge in [-0.05, 0) is 60.3 Å². The van der Waals surface area contributed by atoms with Crippen molar-refractivity contribution in [2.24, 2.45) is 0 Å². The van der Waals surface area contributed by atoms with Gasteiger partial charge < -0.3 is 9.55 Å². The van der Waals surface area contributed by atoms with E-state index in [4.69, 9.17) is 12.2 Å². The van der Waals surface area contributed by atoms with Crippen molar-refractivity contribution in [2.45, 2.75) is 32.4 Å². The monoisotopic (exact) mass is 405 g/mol. The second kappa shape index (κ2) is 5.73. The zero-order chi connectivity index (χ0) is 14.3. The molecule has 1 aliphatic carbocycles. The van der Waals surface area contributed by atoms with Gasteiger partial charge in [0, 0.05) is 25.2 Å². The number of benzene rings is 1. The fourth-order valence-electron chi connectivity index (χ4n) is 2.64. The molecule has 1 N–H and O–H groups in total. The highest BCUT2D eigenvalue weighted by atomic mass is 127. The minimum Gasteiger partial charge on any atom is -0.331 e. The third kappa shape index (κ3) is 2.78. The van der Waals surface area contributed by atoms with Crippen molar-refractivity contribution in [3.05, 3.63) is 26.3 Å². The molecule has 0 aliphatic heterocycles. The van der Waals surface area contributed by atoms with Gasteiger partial charge in [0.2, 0.25) is 0 Å². The molecular formula is C14H17FIN3S. The number of imidazole rings is 1. The number of likely N-dealkylation sites (N-methyl/N-ethyl adjacent to an activating group) is 1. The zero-order valence-corrected chi connectivity index (χ0v) is 14.3. The molecule has 0 amide bonds. The summed E-state index contributed by atoms with van der Waals surface area (Å²) in [5.74, 6) is -0.185. The molecule has 1 aromatic heterocycles. The summed E-state index contributed by atoms with van der Waals surface area (Å²) in [6.07, 6.45) is 2.61. The molecular weight excluding hydrogens is 388 g/mol. The Kier molecular flexibility index (Phi) is 4.14. The van der Waals surface area contributed by atoms with Crippen LogP contribution in [0.25, 0.3) is 11.0 Å². The fraction of sp³-hybridized carbons (Fsp3) is 0.500. The van der Waals surface area contributed by atoms with E-state index in [9.17, 15) is 4.39 Å². The third-order valence-corrected chi connectivity index (χ3v) is 5.05. The Morgan fingerprint density at radius 2 is 2.25 bits per heavy atom. The largest absolute Gasteiger partial charge is 0.331 e. The molecule has 1 fully saturated rings. The van der Waals surface area contributed by atoms with Crippen molar-refractivity contribution in [1.29, 1.82) is 0 Å². The summed E-state index contributed by atoms with van der Waals surface area (Å²) in [5.41, 5.74) is 1.77. The summed E-state index contributed by atoms with van der Waals surface area (Å²) in [7, 11) is 0. The topological polar surface area (TPSA) is 24.0 Å². The molecule has 0 saturated heterocycles. The first-order valence-electron chi connectivity index (χ1n) is 6.91. The van der Waals surface area contributed by atoms with Gasteiger partial charge in [0.1, 0.15) is 5.82 Å². The van der Waals surface area contributed by atoms with Gasteiger partial charge in [-0.15, -0.1) is 0 Å². The molecule has 0 spiro atoms. The number of aromatic amines is 1. The van der Waals surface area contributed by atoms with Gasteiger partial charge in [-0.2, -0.15) is 0 Å². The molecule has 0 radical (unpaired) electrons. The Morgan fingerprint density at radius 3 is 2.90 bits per heavy atom. The SMILES string of the molecule is CCN(CCn1c(=S)[nH]c2cc(I)c(F)cc21)C1CC1. The number of fused-ring (bicyclic) bond motifs is 1. The molecule has 20 heavy (non-hydrogen) atoms.